The molecule has 0 aliphatic carbocycles. The van der Waals surface area contributed by atoms with E-state index in [1.165, 1.54) is 36.0 Å². The Hall–Kier alpha value is -1.57. The van der Waals surface area contributed by atoms with E-state index in [0.717, 1.165) is 0 Å². The number of nitrogens with zero attached hydrogens (tertiary/aromatic N) is 1. The quantitative estimate of drug-likeness (QED) is 0.597. The normalized spacial score (nSPS) is 10.4. The molecule has 0 saturated heterocycles. The largest absolute Gasteiger partial charge is 0.478 e. The molecule has 2 aromatic rings. The standard InChI is InChI=1S/C13H7BrClNO4S/c14-10-3-2-8(6-9(10)13(17)18)21-12-4-1-7(16(19)20)5-11(12)15/h1-6H,(H,17,18). The molecule has 0 radical (unpaired) electrons. The summed E-state index contributed by atoms with van der Waals surface area (Å²) in [6.07, 6.45) is 0. The molecule has 21 heavy (non-hydrogen) atoms. The van der Waals surface area contributed by atoms with E-state index in [1.807, 2.05) is 0 Å². The van der Waals surface area contributed by atoms with Gasteiger partial charge in [0.1, 0.15) is 0 Å². The summed E-state index contributed by atoms with van der Waals surface area (Å²) >= 11 is 10.4. The van der Waals surface area contributed by atoms with Crippen LogP contribution in [0.2, 0.25) is 5.02 Å². The molecular weight excluding hydrogens is 382 g/mol. The first-order valence-electron chi connectivity index (χ1n) is 5.53. The molecule has 0 aliphatic heterocycles. The van der Waals surface area contributed by atoms with E-state index in [-0.39, 0.29) is 16.3 Å². The molecule has 2 rings (SSSR count). The number of hydrogen-bond acceptors (Lipinski definition) is 4. The van der Waals surface area contributed by atoms with E-state index in [4.69, 9.17) is 16.7 Å². The lowest BCUT2D eigenvalue weighted by atomic mass is 10.2. The van der Waals surface area contributed by atoms with Gasteiger partial charge in [-0.25, -0.2) is 4.79 Å². The highest BCUT2D eigenvalue weighted by atomic mass is 79.9. The molecular formula is C13H7BrClNO4S. The van der Waals surface area contributed by atoms with Gasteiger partial charge in [-0.15, -0.1) is 0 Å². The average Bonchev–Trinajstić information content (AvgIpc) is 2.42. The third-order valence-electron chi connectivity index (χ3n) is 2.52. The van der Waals surface area contributed by atoms with Crippen molar-refractivity contribution in [3.05, 3.63) is 61.6 Å². The molecule has 0 unspecified atom stereocenters. The van der Waals surface area contributed by atoms with E-state index >= 15 is 0 Å². The number of nitro groups is 1. The number of aromatic carboxylic acids is 1. The number of carbonyl (C=O) groups is 1. The predicted octanol–water partition coefficient (Wildman–Crippen LogP) is 4.86. The van der Waals surface area contributed by atoms with Gasteiger partial charge < -0.3 is 5.11 Å². The van der Waals surface area contributed by atoms with Gasteiger partial charge in [-0.05, 0) is 40.2 Å². The van der Waals surface area contributed by atoms with Crippen molar-refractivity contribution in [3.63, 3.8) is 0 Å². The first kappa shape index (κ1) is 15.8. The molecule has 0 spiro atoms. The van der Waals surface area contributed by atoms with Crippen LogP contribution in [0.4, 0.5) is 5.69 Å². The summed E-state index contributed by atoms with van der Waals surface area (Å²) in [5.41, 5.74) is 0.0458. The van der Waals surface area contributed by atoms with Crippen molar-refractivity contribution in [2.75, 3.05) is 0 Å². The van der Waals surface area contributed by atoms with Crippen LogP contribution in [0.1, 0.15) is 10.4 Å². The Bertz CT molecular complexity index is 738. The van der Waals surface area contributed by atoms with Gasteiger partial charge in [0.15, 0.2) is 0 Å². The van der Waals surface area contributed by atoms with Gasteiger partial charge in [0.25, 0.3) is 5.69 Å². The van der Waals surface area contributed by atoms with Crippen LogP contribution in [-0.4, -0.2) is 16.0 Å². The van der Waals surface area contributed by atoms with Gasteiger partial charge in [-0.1, -0.05) is 23.4 Å². The zero-order valence-electron chi connectivity index (χ0n) is 10.2. The first-order valence-corrected chi connectivity index (χ1v) is 7.52. The fraction of sp³-hybridized carbons (Fsp3) is 0. The lowest BCUT2D eigenvalue weighted by Gasteiger charge is -2.06. The zero-order chi connectivity index (χ0) is 15.6. The minimum absolute atomic E-state index is 0.0913. The molecule has 0 heterocycles. The van der Waals surface area contributed by atoms with Crippen LogP contribution in [0, 0.1) is 10.1 Å². The van der Waals surface area contributed by atoms with Gasteiger partial charge in [-0.3, -0.25) is 10.1 Å². The summed E-state index contributed by atoms with van der Waals surface area (Å²) in [6, 6.07) is 9.03. The van der Waals surface area contributed by atoms with E-state index in [2.05, 4.69) is 15.9 Å². The van der Waals surface area contributed by atoms with E-state index in [9.17, 15) is 14.9 Å². The number of carboxylic acid groups (broad SMARTS) is 1. The minimum atomic E-state index is -1.04. The average molecular weight is 389 g/mol. The van der Waals surface area contributed by atoms with Crippen LogP contribution in [0.15, 0.2) is 50.7 Å². The third-order valence-corrected chi connectivity index (χ3v) is 4.70. The van der Waals surface area contributed by atoms with Crippen molar-refractivity contribution in [2.45, 2.75) is 9.79 Å². The maximum absolute atomic E-state index is 11.1. The van der Waals surface area contributed by atoms with Crippen molar-refractivity contribution in [3.8, 4) is 0 Å². The summed E-state index contributed by atoms with van der Waals surface area (Å²) in [6.45, 7) is 0. The number of carboxylic acids is 1. The molecule has 8 heteroatoms. The van der Waals surface area contributed by atoms with Crippen LogP contribution in [0.5, 0.6) is 0 Å². The van der Waals surface area contributed by atoms with E-state index < -0.39 is 10.9 Å². The number of halogens is 2. The van der Waals surface area contributed by atoms with Crippen LogP contribution >= 0.6 is 39.3 Å². The molecule has 1 N–H and O–H groups in total. The zero-order valence-corrected chi connectivity index (χ0v) is 13.4. The summed E-state index contributed by atoms with van der Waals surface area (Å²) in [5, 5.41) is 20.0. The second kappa shape index (κ2) is 6.46. The monoisotopic (exact) mass is 387 g/mol. The molecule has 0 fully saturated rings. The number of rotatable bonds is 4. The van der Waals surface area contributed by atoms with Gasteiger partial charge in [0, 0.05) is 26.4 Å². The van der Waals surface area contributed by atoms with Gasteiger partial charge >= 0.3 is 5.97 Å². The van der Waals surface area contributed by atoms with Crippen LogP contribution in [0.3, 0.4) is 0 Å². The number of benzene rings is 2. The second-order valence-electron chi connectivity index (χ2n) is 3.92. The maximum Gasteiger partial charge on any atom is 0.336 e. The highest BCUT2D eigenvalue weighted by molar-refractivity contribution is 9.10. The van der Waals surface area contributed by atoms with Gasteiger partial charge in [0.05, 0.1) is 15.5 Å². The van der Waals surface area contributed by atoms with Crippen LogP contribution < -0.4 is 0 Å². The summed E-state index contributed by atoms with van der Waals surface area (Å²) in [4.78, 5) is 22.5. The van der Waals surface area contributed by atoms with Crippen molar-refractivity contribution < 1.29 is 14.8 Å². The lowest BCUT2D eigenvalue weighted by molar-refractivity contribution is -0.384. The molecule has 2 aromatic carbocycles. The van der Waals surface area contributed by atoms with Crippen molar-refractivity contribution in [2.24, 2.45) is 0 Å². The molecule has 0 amide bonds. The van der Waals surface area contributed by atoms with E-state index in [0.29, 0.717) is 14.3 Å². The first-order chi connectivity index (χ1) is 9.88. The molecule has 0 bridgehead atoms. The number of non-ortho nitro benzene ring substituents is 1. The highest BCUT2D eigenvalue weighted by Crippen LogP contribution is 2.36. The topological polar surface area (TPSA) is 80.4 Å². The van der Waals surface area contributed by atoms with Gasteiger partial charge in [0.2, 0.25) is 0 Å². The van der Waals surface area contributed by atoms with Crippen LogP contribution in [0.25, 0.3) is 0 Å². The molecule has 0 saturated carbocycles. The maximum atomic E-state index is 11.1. The van der Waals surface area contributed by atoms with Crippen LogP contribution in [-0.2, 0) is 0 Å². The van der Waals surface area contributed by atoms with Crippen molar-refractivity contribution >= 4 is 50.9 Å². The SMILES string of the molecule is O=C(O)c1cc(Sc2ccc([N+](=O)[O-])cc2Cl)ccc1Br. The molecule has 5 nitrogen and oxygen atoms in total. The highest BCUT2D eigenvalue weighted by Gasteiger charge is 2.13. The molecule has 0 aliphatic rings. The smallest absolute Gasteiger partial charge is 0.336 e. The Labute approximate surface area is 137 Å². The molecule has 0 aromatic heterocycles. The second-order valence-corrected chi connectivity index (χ2v) is 6.30. The predicted molar refractivity (Wildman–Crippen MR) is 83.3 cm³/mol. The summed E-state index contributed by atoms with van der Waals surface area (Å²) < 4.78 is 0.481. The van der Waals surface area contributed by atoms with Crippen molar-refractivity contribution in [1.29, 1.82) is 0 Å². The Kier molecular flexibility index (Phi) is 4.87. The summed E-state index contributed by atoms with van der Waals surface area (Å²) in [7, 11) is 0. The Balaban J connectivity index is 2.32. The third kappa shape index (κ3) is 3.75. The lowest BCUT2D eigenvalue weighted by Crippen LogP contribution is -1.97. The molecule has 108 valence electrons. The van der Waals surface area contributed by atoms with E-state index in [1.54, 1.807) is 12.1 Å². The Morgan fingerprint density at radius 2 is 2.00 bits per heavy atom. The molecule has 0 atom stereocenters. The Morgan fingerprint density at radius 1 is 1.29 bits per heavy atom. The fourth-order valence-electron chi connectivity index (χ4n) is 1.54. The summed E-state index contributed by atoms with van der Waals surface area (Å²) in [5.74, 6) is -1.04. The van der Waals surface area contributed by atoms with Gasteiger partial charge in [-0.2, -0.15) is 0 Å². The number of nitro benzene ring substituents is 1. The van der Waals surface area contributed by atoms with Crippen molar-refractivity contribution in [1.82, 2.24) is 0 Å². The fourth-order valence-corrected chi connectivity index (χ4v) is 3.11. The Morgan fingerprint density at radius 3 is 2.57 bits per heavy atom. The number of hydrogen-bond donors (Lipinski definition) is 1. The minimum Gasteiger partial charge on any atom is -0.478 e.